The Morgan fingerprint density at radius 2 is 1.78 bits per heavy atom. The van der Waals surface area contributed by atoms with Crippen molar-refractivity contribution in [1.29, 1.82) is 0 Å². The zero-order valence-corrected chi connectivity index (χ0v) is 14.2. The van der Waals surface area contributed by atoms with E-state index in [-0.39, 0.29) is 5.56 Å². The highest BCUT2D eigenvalue weighted by molar-refractivity contribution is 7.59. The number of benzene rings is 1. The molecule has 0 heterocycles. The van der Waals surface area contributed by atoms with Crippen LogP contribution in [0.15, 0.2) is 30.3 Å². The quantitative estimate of drug-likeness (QED) is 0.569. The molecule has 1 aromatic rings. The van der Waals surface area contributed by atoms with Crippen LogP contribution in [0.3, 0.4) is 0 Å². The van der Waals surface area contributed by atoms with Gasteiger partial charge in [-0.2, -0.15) is 0 Å². The molecular weight excluding hydrogens is 323 g/mol. The van der Waals surface area contributed by atoms with Crippen LogP contribution in [0, 0.1) is 5.92 Å². The van der Waals surface area contributed by atoms with Crippen molar-refractivity contribution >= 4 is 19.3 Å². The zero-order valence-electron chi connectivity index (χ0n) is 13.3. The molecule has 23 heavy (non-hydrogen) atoms. The maximum Gasteiger partial charge on any atom is 0.309 e. The third-order valence-electron chi connectivity index (χ3n) is 3.64. The molecular formula is C15H21O7P. The van der Waals surface area contributed by atoms with Crippen LogP contribution >= 0.6 is 7.37 Å². The summed E-state index contributed by atoms with van der Waals surface area (Å²) in [7, 11) is -2.00. The smallest absolute Gasteiger partial charge is 0.309 e. The van der Waals surface area contributed by atoms with E-state index in [1.165, 1.54) is 19.1 Å². The summed E-state index contributed by atoms with van der Waals surface area (Å²) in [4.78, 5) is 33.5. The second-order valence-corrected chi connectivity index (χ2v) is 7.91. The highest BCUT2D eigenvalue weighted by Gasteiger charge is 2.46. The van der Waals surface area contributed by atoms with Crippen molar-refractivity contribution in [3.63, 3.8) is 0 Å². The number of methoxy groups -OCH3 is 2. The first kappa shape index (κ1) is 19.4. The molecule has 0 saturated heterocycles. The molecule has 0 amide bonds. The van der Waals surface area contributed by atoms with E-state index in [0.29, 0.717) is 0 Å². The predicted molar refractivity (Wildman–Crippen MR) is 82.8 cm³/mol. The average Bonchev–Trinajstić information content (AvgIpc) is 2.53. The summed E-state index contributed by atoms with van der Waals surface area (Å²) < 4.78 is 21.7. The van der Waals surface area contributed by atoms with E-state index in [1.807, 2.05) is 0 Å². The zero-order chi connectivity index (χ0) is 17.7. The van der Waals surface area contributed by atoms with Crippen molar-refractivity contribution in [2.24, 2.45) is 5.92 Å². The summed E-state index contributed by atoms with van der Waals surface area (Å²) in [5, 5.41) is 8.47. The van der Waals surface area contributed by atoms with Gasteiger partial charge in [0.25, 0.3) is 0 Å². The third-order valence-corrected chi connectivity index (χ3v) is 6.20. The first-order valence-electron chi connectivity index (χ1n) is 6.90. The van der Waals surface area contributed by atoms with Gasteiger partial charge < -0.3 is 19.5 Å². The van der Waals surface area contributed by atoms with Crippen molar-refractivity contribution in [3.05, 3.63) is 35.9 Å². The van der Waals surface area contributed by atoms with Crippen LogP contribution in [-0.4, -0.2) is 42.3 Å². The van der Waals surface area contributed by atoms with E-state index in [4.69, 9.17) is 0 Å². The van der Waals surface area contributed by atoms with E-state index in [0.717, 1.165) is 14.2 Å². The molecule has 128 valence electrons. The van der Waals surface area contributed by atoms with Gasteiger partial charge in [-0.25, -0.2) is 0 Å². The van der Waals surface area contributed by atoms with Crippen LogP contribution in [-0.2, 0) is 29.0 Å². The fourth-order valence-electron chi connectivity index (χ4n) is 2.11. The Labute approximate surface area is 134 Å². The van der Waals surface area contributed by atoms with Crippen LogP contribution in [0.4, 0.5) is 0 Å². The van der Waals surface area contributed by atoms with E-state index in [1.54, 1.807) is 18.2 Å². The Morgan fingerprint density at radius 3 is 2.26 bits per heavy atom. The summed E-state index contributed by atoms with van der Waals surface area (Å²) in [6.07, 6.45) is -1.00. The molecule has 3 atom stereocenters. The topological polar surface area (TPSA) is 110 Å². The van der Waals surface area contributed by atoms with Gasteiger partial charge in [0.05, 0.1) is 26.6 Å². The van der Waals surface area contributed by atoms with Crippen LogP contribution in [0.25, 0.3) is 0 Å². The number of ether oxygens (including phenoxy) is 2. The largest absolute Gasteiger partial charge is 0.469 e. The molecule has 0 bridgehead atoms. The molecule has 1 rings (SSSR count). The lowest BCUT2D eigenvalue weighted by Gasteiger charge is -2.31. The van der Waals surface area contributed by atoms with Crippen molar-refractivity contribution < 1.29 is 33.6 Å². The summed E-state index contributed by atoms with van der Waals surface area (Å²) in [6.45, 7) is 1.20. The molecule has 0 fully saturated rings. The van der Waals surface area contributed by atoms with E-state index in [9.17, 15) is 24.2 Å². The number of carbonyl (C=O) groups excluding carboxylic acids is 2. The van der Waals surface area contributed by atoms with Gasteiger partial charge in [-0.3, -0.25) is 14.2 Å². The molecule has 1 aromatic carbocycles. The van der Waals surface area contributed by atoms with Crippen LogP contribution in [0.2, 0.25) is 0 Å². The number of carbonyl (C=O) groups is 2. The predicted octanol–water partition coefficient (Wildman–Crippen LogP) is 1.47. The standard InChI is InChI=1S/C15H21O7P/c1-15(18,12-7-5-4-6-8-12)23(19,20)10-11(14(17)22-3)9-13(16)21-2/h4-8,11,18H,9-10H2,1-3H3,(H,19,20)/t11-,15+/m0/s1. The molecule has 1 unspecified atom stereocenters. The minimum absolute atomic E-state index is 0.243. The molecule has 7 nitrogen and oxygen atoms in total. The second-order valence-electron chi connectivity index (χ2n) is 5.27. The van der Waals surface area contributed by atoms with Gasteiger partial charge in [0.2, 0.25) is 7.37 Å². The molecule has 8 heteroatoms. The van der Waals surface area contributed by atoms with Crippen LogP contribution in [0.5, 0.6) is 0 Å². The minimum Gasteiger partial charge on any atom is -0.469 e. The maximum absolute atomic E-state index is 12.7. The minimum atomic E-state index is -4.26. The highest BCUT2D eigenvalue weighted by atomic mass is 31.2. The number of hydrogen-bond donors (Lipinski definition) is 2. The Morgan fingerprint density at radius 1 is 1.22 bits per heavy atom. The lowest BCUT2D eigenvalue weighted by molar-refractivity contribution is -0.151. The molecule has 0 aliphatic carbocycles. The summed E-state index contributed by atoms with van der Waals surface area (Å²) in [6, 6.07) is 7.97. The molecule has 0 spiro atoms. The Kier molecular flexibility index (Phi) is 6.50. The maximum atomic E-state index is 12.7. The lowest BCUT2D eigenvalue weighted by atomic mass is 10.1. The average molecular weight is 344 g/mol. The van der Waals surface area contributed by atoms with Gasteiger partial charge >= 0.3 is 11.9 Å². The van der Waals surface area contributed by atoms with Crippen LogP contribution < -0.4 is 0 Å². The third kappa shape index (κ3) is 4.64. The molecule has 0 aliphatic rings. The van der Waals surface area contributed by atoms with Gasteiger partial charge in [-0.05, 0) is 12.5 Å². The van der Waals surface area contributed by atoms with Gasteiger partial charge in [0, 0.05) is 6.16 Å². The Bertz CT molecular complexity index is 597. The van der Waals surface area contributed by atoms with E-state index >= 15 is 0 Å². The van der Waals surface area contributed by atoms with E-state index < -0.39 is 43.2 Å². The number of hydrogen-bond acceptors (Lipinski definition) is 6. The first-order chi connectivity index (χ1) is 10.7. The summed E-state index contributed by atoms with van der Waals surface area (Å²) >= 11 is 0. The van der Waals surface area contributed by atoms with Crippen LogP contribution in [0.1, 0.15) is 18.9 Å². The molecule has 0 aliphatic heterocycles. The number of aliphatic hydroxyl groups is 1. The fraction of sp³-hybridized carbons (Fsp3) is 0.467. The van der Waals surface area contributed by atoms with E-state index in [2.05, 4.69) is 9.47 Å². The van der Waals surface area contributed by atoms with Gasteiger partial charge in [-0.15, -0.1) is 0 Å². The van der Waals surface area contributed by atoms with Gasteiger partial charge in [0.1, 0.15) is 0 Å². The van der Waals surface area contributed by atoms with Gasteiger partial charge in [0.15, 0.2) is 5.34 Å². The van der Waals surface area contributed by atoms with Crippen molar-refractivity contribution in [3.8, 4) is 0 Å². The highest BCUT2D eigenvalue weighted by Crippen LogP contribution is 2.59. The monoisotopic (exact) mass is 344 g/mol. The second kappa shape index (κ2) is 7.73. The number of esters is 2. The van der Waals surface area contributed by atoms with Crippen molar-refractivity contribution in [2.75, 3.05) is 20.4 Å². The molecule has 2 N–H and O–H groups in total. The van der Waals surface area contributed by atoms with Gasteiger partial charge in [-0.1, -0.05) is 30.3 Å². The molecule has 0 saturated carbocycles. The summed E-state index contributed by atoms with van der Waals surface area (Å²) in [5.41, 5.74) is 0.243. The molecule has 0 aromatic heterocycles. The lowest BCUT2D eigenvalue weighted by Crippen LogP contribution is -2.30. The fourth-order valence-corrected chi connectivity index (χ4v) is 3.89. The van der Waals surface area contributed by atoms with Crippen molar-refractivity contribution in [1.82, 2.24) is 0 Å². The Hall–Kier alpha value is -1.69. The normalized spacial score (nSPS) is 17.4. The SMILES string of the molecule is COC(=O)C[C@@H](CP(=O)(O)[C@@](C)(O)c1ccccc1)C(=O)OC. The first-order valence-corrected chi connectivity index (χ1v) is 8.74. The van der Waals surface area contributed by atoms with Crippen molar-refractivity contribution in [2.45, 2.75) is 18.7 Å². The number of rotatable bonds is 7. The molecule has 0 radical (unpaired) electrons. The summed E-state index contributed by atoms with van der Waals surface area (Å²) in [5.74, 6) is -2.70. The Balaban J connectivity index is 3.07.